The Morgan fingerprint density at radius 2 is 1.92 bits per heavy atom. The predicted molar refractivity (Wildman–Crippen MR) is 95.8 cm³/mol. The van der Waals surface area contributed by atoms with Gasteiger partial charge in [-0.3, -0.25) is 4.18 Å². The summed E-state index contributed by atoms with van der Waals surface area (Å²) in [4.78, 5) is 0. The first kappa shape index (κ1) is 18.8. The summed E-state index contributed by atoms with van der Waals surface area (Å²) in [5.41, 5.74) is 1.10. The molecule has 0 aromatic heterocycles. The number of ether oxygens (including phenoxy) is 2. The fraction of sp³-hybridized carbons (Fsp3) is 0.684. The number of hydrogen-bond donors (Lipinski definition) is 0. The number of hydrogen-bond acceptors (Lipinski definition) is 5. The summed E-state index contributed by atoms with van der Waals surface area (Å²) in [5, 5.41) is 0. The van der Waals surface area contributed by atoms with E-state index in [1.165, 1.54) is 0 Å². The van der Waals surface area contributed by atoms with E-state index in [0.29, 0.717) is 6.61 Å². The number of aryl methyl sites for hydroxylation is 1. The first-order chi connectivity index (χ1) is 11.6. The van der Waals surface area contributed by atoms with E-state index in [1.807, 2.05) is 52.0 Å². The molecule has 2 aliphatic heterocycles. The molecule has 0 unspecified atom stereocenters. The van der Waals surface area contributed by atoms with E-state index in [1.54, 1.807) is 0 Å². The fourth-order valence-electron chi connectivity index (χ4n) is 4.23. The third-order valence-electron chi connectivity index (χ3n) is 5.73. The molecule has 140 valence electrons. The third-order valence-corrected chi connectivity index (χ3v) is 6.29. The van der Waals surface area contributed by atoms with Crippen LogP contribution in [-0.4, -0.2) is 38.1 Å². The zero-order valence-corrected chi connectivity index (χ0v) is 16.4. The molecule has 3 rings (SSSR count). The minimum absolute atomic E-state index is 0.133. The molecule has 0 saturated carbocycles. The van der Waals surface area contributed by atoms with Crippen LogP contribution in [0.25, 0.3) is 0 Å². The average Bonchev–Trinajstić information content (AvgIpc) is 2.96. The molecule has 0 radical (unpaired) electrons. The zero-order chi connectivity index (χ0) is 18.5. The highest BCUT2D eigenvalue weighted by atomic mass is 32.2. The van der Waals surface area contributed by atoms with Crippen LogP contribution in [-0.2, 0) is 30.4 Å². The number of fused-ring (bicyclic) bond motifs is 2. The Bertz CT molecular complexity index is 744. The van der Waals surface area contributed by atoms with Gasteiger partial charge in [-0.15, -0.1) is 0 Å². The maximum atomic E-state index is 11.9. The average molecular weight is 368 g/mol. The van der Waals surface area contributed by atoms with Gasteiger partial charge in [0.15, 0.2) is 0 Å². The lowest BCUT2D eigenvalue weighted by molar-refractivity contribution is -0.0966. The van der Waals surface area contributed by atoms with Crippen molar-refractivity contribution in [1.29, 1.82) is 0 Å². The van der Waals surface area contributed by atoms with E-state index in [0.717, 1.165) is 30.2 Å². The maximum absolute atomic E-state index is 11.9. The van der Waals surface area contributed by atoms with Gasteiger partial charge in [0.25, 0.3) is 10.1 Å². The van der Waals surface area contributed by atoms with Gasteiger partial charge in [0.2, 0.25) is 0 Å². The molecule has 1 aromatic carbocycles. The lowest BCUT2D eigenvalue weighted by Gasteiger charge is -2.38. The molecule has 0 spiro atoms. The molecule has 25 heavy (non-hydrogen) atoms. The van der Waals surface area contributed by atoms with E-state index in [9.17, 15) is 8.42 Å². The molecule has 2 saturated heterocycles. The van der Waals surface area contributed by atoms with Crippen LogP contribution in [0.3, 0.4) is 0 Å². The lowest BCUT2D eigenvalue weighted by Crippen LogP contribution is -2.53. The van der Waals surface area contributed by atoms with E-state index in [4.69, 9.17) is 13.7 Å². The lowest BCUT2D eigenvalue weighted by atomic mass is 9.73. The maximum Gasteiger partial charge on any atom is 0.264 e. The highest BCUT2D eigenvalue weighted by Gasteiger charge is 2.68. The molecule has 5 nitrogen and oxygen atoms in total. The van der Waals surface area contributed by atoms with Gasteiger partial charge < -0.3 is 9.47 Å². The highest BCUT2D eigenvalue weighted by molar-refractivity contribution is 7.86. The van der Waals surface area contributed by atoms with Crippen molar-refractivity contribution in [1.82, 2.24) is 0 Å². The van der Waals surface area contributed by atoms with E-state index in [2.05, 4.69) is 0 Å². The SMILES string of the molecule is Cc1ccccc1CO[C@H]1[C@H](OS(C)(=O)=O)[C@]2(C(C)C)CC[C@@]1(C)O2. The molecular formula is C19H28O5S. The monoisotopic (exact) mass is 368 g/mol. The molecule has 2 bridgehead atoms. The topological polar surface area (TPSA) is 61.8 Å². The van der Waals surface area contributed by atoms with E-state index >= 15 is 0 Å². The molecule has 2 fully saturated rings. The summed E-state index contributed by atoms with van der Waals surface area (Å²) < 4.78 is 41.9. The van der Waals surface area contributed by atoms with Crippen molar-refractivity contribution < 1.29 is 22.1 Å². The molecule has 0 amide bonds. The van der Waals surface area contributed by atoms with Crippen molar-refractivity contribution in [3.05, 3.63) is 35.4 Å². The van der Waals surface area contributed by atoms with Gasteiger partial charge in [0.05, 0.1) is 18.5 Å². The fourth-order valence-corrected chi connectivity index (χ4v) is 4.87. The van der Waals surface area contributed by atoms with Crippen LogP contribution in [0.2, 0.25) is 0 Å². The van der Waals surface area contributed by atoms with Crippen LogP contribution >= 0.6 is 0 Å². The van der Waals surface area contributed by atoms with E-state index < -0.39 is 33.5 Å². The molecule has 0 aliphatic carbocycles. The van der Waals surface area contributed by atoms with Gasteiger partial charge in [-0.25, -0.2) is 0 Å². The Morgan fingerprint density at radius 3 is 2.52 bits per heavy atom. The molecule has 4 atom stereocenters. The van der Waals surface area contributed by atoms with Crippen LogP contribution in [0.5, 0.6) is 0 Å². The van der Waals surface area contributed by atoms with Crippen molar-refractivity contribution in [3.63, 3.8) is 0 Å². The Balaban J connectivity index is 1.89. The second-order valence-electron chi connectivity index (χ2n) is 7.90. The predicted octanol–water partition coefficient (Wildman–Crippen LogP) is 3.20. The normalized spacial score (nSPS) is 34.8. The van der Waals surface area contributed by atoms with Crippen LogP contribution in [0.4, 0.5) is 0 Å². The second kappa shape index (κ2) is 6.34. The van der Waals surface area contributed by atoms with Crippen LogP contribution in [0, 0.1) is 12.8 Å². The van der Waals surface area contributed by atoms with Crippen LogP contribution in [0.1, 0.15) is 44.7 Å². The Kier molecular flexibility index (Phi) is 4.77. The molecule has 1 aromatic rings. The summed E-state index contributed by atoms with van der Waals surface area (Å²) in [6.07, 6.45) is 1.68. The van der Waals surface area contributed by atoms with Gasteiger partial charge in [-0.1, -0.05) is 38.1 Å². The van der Waals surface area contributed by atoms with Gasteiger partial charge in [-0.05, 0) is 43.7 Å². The Hall–Kier alpha value is -0.950. The molecule has 2 heterocycles. The standard InChI is InChI=1S/C19H28O5S/c1-13(2)19-11-10-18(4,24-19)16(17(19)23-25(5,20)21)22-12-15-9-7-6-8-14(15)3/h6-9,13,16-17H,10-12H2,1-5H3/t16-,17-,18+,19+/m0/s1. The summed E-state index contributed by atoms with van der Waals surface area (Å²) in [7, 11) is -3.61. The molecule has 0 N–H and O–H groups in total. The van der Waals surface area contributed by atoms with Gasteiger partial charge in [-0.2, -0.15) is 8.42 Å². The smallest absolute Gasteiger partial charge is 0.264 e. The van der Waals surface area contributed by atoms with Crippen LogP contribution in [0.15, 0.2) is 24.3 Å². The van der Waals surface area contributed by atoms with Crippen molar-refractivity contribution >= 4 is 10.1 Å². The minimum atomic E-state index is -3.61. The van der Waals surface area contributed by atoms with Crippen molar-refractivity contribution in [3.8, 4) is 0 Å². The summed E-state index contributed by atoms with van der Waals surface area (Å²) in [6.45, 7) is 8.55. The van der Waals surface area contributed by atoms with Crippen molar-refractivity contribution in [2.24, 2.45) is 5.92 Å². The van der Waals surface area contributed by atoms with E-state index in [-0.39, 0.29) is 5.92 Å². The zero-order valence-electron chi connectivity index (χ0n) is 15.6. The second-order valence-corrected chi connectivity index (χ2v) is 9.50. The first-order valence-electron chi connectivity index (χ1n) is 8.82. The third kappa shape index (κ3) is 3.37. The van der Waals surface area contributed by atoms with Gasteiger partial charge in [0, 0.05) is 0 Å². The largest absolute Gasteiger partial charge is 0.368 e. The first-order valence-corrected chi connectivity index (χ1v) is 10.6. The molecular weight excluding hydrogens is 340 g/mol. The summed E-state index contributed by atoms with van der Waals surface area (Å²) in [6, 6.07) is 8.03. The highest BCUT2D eigenvalue weighted by Crippen LogP contribution is 2.56. The molecule has 6 heteroatoms. The van der Waals surface area contributed by atoms with Crippen molar-refractivity contribution in [2.75, 3.05) is 6.26 Å². The number of rotatable bonds is 6. The van der Waals surface area contributed by atoms with Gasteiger partial charge in [0.1, 0.15) is 17.8 Å². The van der Waals surface area contributed by atoms with Gasteiger partial charge >= 0.3 is 0 Å². The summed E-state index contributed by atoms with van der Waals surface area (Å²) in [5.74, 6) is 0.133. The Labute approximate surface area is 150 Å². The molecule has 2 aliphatic rings. The van der Waals surface area contributed by atoms with Crippen molar-refractivity contribution in [2.45, 2.75) is 70.6 Å². The summed E-state index contributed by atoms with van der Waals surface area (Å²) >= 11 is 0. The van der Waals surface area contributed by atoms with Crippen LogP contribution < -0.4 is 0 Å². The number of benzene rings is 1. The Morgan fingerprint density at radius 1 is 1.24 bits per heavy atom. The minimum Gasteiger partial charge on any atom is -0.368 e. The quantitative estimate of drug-likeness (QED) is 0.722.